The summed E-state index contributed by atoms with van der Waals surface area (Å²) in [5.74, 6) is -0.236. The highest BCUT2D eigenvalue weighted by molar-refractivity contribution is 5.96. The smallest absolute Gasteiger partial charge is 0.159 e. The number of hydrogen-bond acceptors (Lipinski definition) is 3. The summed E-state index contributed by atoms with van der Waals surface area (Å²) in [6, 6.07) is 22.5. The average molecular weight is 450 g/mol. The van der Waals surface area contributed by atoms with Gasteiger partial charge in [0.15, 0.2) is 5.78 Å². The Balaban J connectivity index is 1.65. The zero-order valence-corrected chi connectivity index (χ0v) is 19.3. The van der Waals surface area contributed by atoms with E-state index in [-0.39, 0.29) is 17.6 Å². The Hall–Kier alpha value is -4.12. The number of hydrogen-bond donors (Lipinski definition) is 0. The molecule has 3 aromatic carbocycles. The van der Waals surface area contributed by atoms with E-state index in [4.69, 9.17) is 0 Å². The van der Waals surface area contributed by atoms with Crippen molar-refractivity contribution in [1.82, 2.24) is 14.5 Å². The van der Waals surface area contributed by atoms with Crippen LogP contribution in [0.1, 0.15) is 37.2 Å². The van der Waals surface area contributed by atoms with E-state index in [0.717, 1.165) is 44.5 Å². The third-order valence-corrected chi connectivity index (χ3v) is 6.02. The van der Waals surface area contributed by atoms with Gasteiger partial charge in [0.05, 0.1) is 23.2 Å². The van der Waals surface area contributed by atoms with Crippen molar-refractivity contribution in [1.29, 1.82) is 0 Å². The minimum absolute atomic E-state index is 0.0353. The number of Topliss-reactive ketones (excluding diaryl/α,β-unsaturated/α-hetero) is 1. The molecule has 5 heteroatoms. The predicted molar refractivity (Wildman–Crippen MR) is 134 cm³/mol. The molecule has 0 amide bonds. The maximum atomic E-state index is 13.5. The Morgan fingerprint density at radius 2 is 1.59 bits per heavy atom. The van der Waals surface area contributed by atoms with Crippen LogP contribution < -0.4 is 0 Å². The fourth-order valence-electron chi connectivity index (χ4n) is 4.21. The number of carbonyl (C=O) groups excluding carboxylic acids is 1. The first-order valence-electron chi connectivity index (χ1n) is 11.2. The van der Waals surface area contributed by atoms with E-state index in [2.05, 4.69) is 40.5 Å². The zero-order chi connectivity index (χ0) is 23.8. The van der Waals surface area contributed by atoms with E-state index in [9.17, 15) is 9.18 Å². The Morgan fingerprint density at radius 1 is 0.853 bits per heavy atom. The van der Waals surface area contributed by atoms with Gasteiger partial charge in [-0.05, 0) is 74.9 Å². The first-order chi connectivity index (χ1) is 16.4. The van der Waals surface area contributed by atoms with Crippen molar-refractivity contribution in [3.05, 3.63) is 96.7 Å². The number of imidazole rings is 1. The molecule has 4 nitrogen and oxygen atoms in total. The molecule has 0 aliphatic heterocycles. The molecule has 0 spiro atoms. The summed E-state index contributed by atoms with van der Waals surface area (Å²) >= 11 is 0. The second-order valence-corrected chi connectivity index (χ2v) is 8.72. The number of pyridine rings is 1. The van der Waals surface area contributed by atoms with Crippen LogP contribution in [0, 0.1) is 5.82 Å². The minimum Gasteiger partial charge on any atom is -0.328 e. The molecule has 0 saturated carbocycles. The lowest BCUT2D eigenvalue weighted by Crippen LogP contribution is -2.01. The Kier molecular flexibility index (Phi) is 5.54. The van der Waals surface area contributed by atoms with E-state index in [1.165, 1.54) is 12.1 Å². The van der Waals surface area contributed by atoms with E-state index < -0.39 is 0 Å². The molecule has 34 heavy (non-hydrogen) atoms. The molecule has 2 aromatic heterocycles. The normalized spacial score (nSPS) is 11.3. The van der Waals surface area contributed by atoms with Gasteiger partial charge in [-0.2, -0.15) is 0 Å². The minimum atomic E-state index is -0.272. The topological polar surface area (TPSA) is 47.8 Å². The highest BCUT2D eigenvalue weighted by atomic mass is 19.1. The number of fused-ring (bicyclic) bond motifs is 1. The number of benzene rings is 3. The van der Waals surface area contributed by atoms with E-state index in [0.29, 0.717) is 5.56 Å². The largest absolute Gasteiger partial charge is 0.328 e. The molecule has 0 radical (unpaired) electrons. The fraction of sp³-hybridized carbons (Fsp3) is 0.138. The van der Waals surface area contributed by atoms with Crippen molar-refractivity contribution in [3.8, 4) is 33.6 Å². The van der Waals surface area contributed by atoms with Crippen LogP contribution in [-0.2, 0) is 0 Å². The van der Waals surface area contributed by atoms with Gasteiger partial charge in [-0.3, -0.25) is 9.78 Å². The van der Waals surface area contributed by atoms with Gasteiger partial charge in [0, 0.05) is 39.9 Å². The molecular formula is C29H24FN3O. The van der Waals surface area contributed by atoms with Crippen LogP contribution >= 0.6 is 0 Å². The zero-order valence-electron chi connectivity index (χ0n) is 19.3. The summed E-state index contributed by atoms with van der Waals surface area (Å²) in [5.41, 5.74) is 7.12. The van der Waals surface area contributed by atoms with Crippen molar-refractivity contribution in [2.75, 3.05) is 0 Å². The van der Waals surface area contributed by atoms with Gasteiger partial charge in [-0.1, -0.05) is 24.3 Å². The average Bonchev–Trinajstić information content (AvgIpc) is 3.29. The molecule has 168 valence electrons. The number of halogens is 1. The van der Waals surface area contributed by atoms with Gasteiger partial charge >= 0.3 is 0 Å². The highest BCUT2D eigenvalue weighted by Gasteiger charge is 2.17. The lowest BCUT2D eigenvalue weighted by molar-refractivity contribution is 0.101. The van der Waals surface area contributed by atoms with Crippen LogP contribution in [0.3, 0.4) is 0 Å². The summed E-state index contributed by atoms with van der Waals surface area (Å²) in [6.45, 7) is 5.80. The van der Waals surface area contributed by atoms with Crippen molar-refractivity contribution < 1.29 is 9.18 Å². The van der Waals surface area contributed by atoms with Crippen LogP contribution in [0.4, 0.5) is 4.39 Å². The molecule has 0 saturated heterocycles. The van der Waals surface area contributed by atoms with E-state index in [1.54, 1.807) is 19.1 Å². The van der Waals surface area contributed by atoms with Gasteiger partial charge in [0.2, 0.25) is 0 Å². The summed E-state index contributed by atoms with van der Waals surface area (Å²) in [4.78, 5) is 21.2. The van der Waals surface area contributed by atoms with E-state index >= 15 is 0 Å². The van der Waals surface area contributed by atoms with Gasteiger partial charge in [0.1, 0.15) is 5.82 Å². The quantitative estimate of drug-likeness (QED) is 0.263. The molecule has 0 aliphatic carbocycles. The maximum absolute atomic E-state index is 13.5. The maximum Gasteiger partial charge on any atom is 0.159 e. The van der Waals surface area contributed by atoms with Crippen LogP contribution in [0.25, 0.3) is 44.5 Å². The predicted octanol–water partition coefficient (Wildman–Crippen LogP) is 7.35. The molecule has 0 aliphatic rings. The molecule has 5 aromatic rings. The van der Waals surface area contributed by atoms with Crippen molar-refractivity contribution in [2.45, 2.75) is 26.8 Å². The second kappa shape index (κ2) is 8.67. The number of carbonyl (C=O) groups is 1. The highest BCUT2D eigenvalue weighted by Crippen LogP contribution is 2.35. The lowest BCUT2D eigenvalue weighted by atomic mass is 9.99. The molecule has 0 atom stereocenters. The van der Waals surface area contributed by atoms with E-state index in [1.807, 2.05) is 48.9 Å². The molecule has 2 heterocycles. The van der Waals surface area contributed by atoms with Crippen LogP contribution in [-0.4, -0.2) is 20.3 Å². The summed E-state index contributed by atoms with van der Waals surface area (Å²) in [5, 5.41) is 0.991. The van der Waals surface area contributed by atoms with Crippen molar-refractivity contribution >= 4 is 16.7 Å². The summed E-state index contributed by atoms with van der Waals surface area (Å²) < 4.78 is 15.7. The van der Waals surface area contributed by atoms with Gasteiger partial charge in [0.25, 0.3) is 0 Å². The number of aromatic nitrogens is 3. The molecular weight excluding hydrogens is 425 g/mol. The number of ketones is 1. The van der Waals surface area contributed by atoms with Crippen molar-refractivity contribution in [2.24, 2.45) is 0 Å². The molecule has 0 bridgehead atoms. The van der Waals surface area contributed by atoms with Crippen molar-refractivity contribution in [3.63, 3.8) is 0 Å². The second-order valence-electron chi connectivity index (χ2n) is 8.72. The summed E-state index contributed by atoms with van der Waals surface area (Å²) in [6.07, 6.45) is 3.67. The number of nitrogens with zero attached hydrogens (tertiary/aromatic N) is 3. The van der Waals surface area contributed by atoms with Gasteiger partial charge in [-0.15, -0.1) is 0 Å². The molecule has 0 fully saturated rings. The fourth-order valence-corrected chi connectivity index (χ4v) is 4.21. The third kappa shape index (κ3) is 4.01. The first kappa shape index (κ1) is 21.7. The Morgan fingerprint density at radius 3 is 2.32 bits per heavy atom. The van der Waals surface area contributed by atoms with Crippen LogP contribution in [0.5, 0.6) is 0 Å². The monoisotopic (exact) mass is 449 g/mol. The molecule has 0 unspecified atom stereocenters. The Bertz CT molecular complexity index is 1520. The number of rotatable bonds is 5. The molecule has 0 N–H and O–H groups in total. The summed E-state index contributed by atoms with van der Waals surface area (Å²) in [7, 11) is 0. The Labute approximate surface area is 197 Å². The van der Waals surface area contributed by atoms with Gasteiger partial charge < -0.3 is 4.57 Å². The first-order valence-corrected chi connectivity index (χ1v) is 11.2. The van der Waals surface area contributed by atoms with Crippen LogP contribution in [0.15, 0.2) is 85.3 Å². The van der Waals surface area contributed by atoms with Gasteiger partial charge in [-0.25, -0.2) is 9.37 Å². The lowest BCUT2D eigenvalue weighted by Gasteiger charge is -2.14. The third-order valence-electron chi connectivity index (χ3n) is 6.02. The van der Waals surface area contributed by atoms with Crippen LogP contribution in [0.2, 0.25) is 0 Å². The SMILES string of the molecule is CC(=O)c1cccc(-c2cnc3ccc(-c4c(-c5ccc(F)cc5)ncn4C(C)C)cc3c2)c1. The molecule has 5 rings (SSSR count). The standard InChI is InChI=1S/C29H24FN3O/c1-18(2)33-17-32-28(20-7-10-26(30)11-8-20)29(33)23-9-12-27-24(14-23)15-25(16-31-27)22-6-4-5-21(13-22)19(3)34/h4-18H,1-3H3.